The number of nitrogens with one attached hydrogen (secondary N) is 1. The summed E-state index contributed by atoms with van der Waals surface area (Å²) in [6.07, 6.45) is 0.581. The Morgan fingerprint density at radius 1 is 1.09 bits per heavy atom. The van der Waals surface area contributed by atoms with E-state index in [4.69, 9.17) is 0 Å². The number of quaternary nitrogens is 1. The lowest BCUT2D eigenvalue weighted by Gasteiger charge is -2.25. The van der Waals surface area contributed by atoms with Crippen LogP contribution in [-0.2, 0) is 19.6 Å². The molecular weight excluding hydrogens is 461 g/mol. The molecule has 0 radical (unpaired) electrons. The zero-order valence-electron chi connectivity index (χ0n) is 19.6. The number of halogens is 1. The number of carbonyl (C=O) groups is 2. The van der Waals surface area contributed by atoms with Gasteiger partial charge in [-0.2, -0.15) is 0 Å². The number of aliphatic hydroxyl groups is 1. The number of likely N-dealkylation sites (tertiary alicyclic amines) is 1. The molecule has 1 heterocycles. The number of rotatable bonds is 8. The molecule has 1 aliphatic heterocycles. The van der Waals surface area contributed by atoms with Crippen LogP contribution in [0.25, 0.3) is 5.76 Å². The van der Waals surface area contributed by atoms with Crippen LogP contribution in [-0.4, -0.2) is 75.7 Å². The van der Waals surface area contributed by atoms with Gasteiger partial charge in [-0.3, -0.25) is 9.59 Å². The van der Waals surface area contributed by atoms with Crippen LogP contribution in [0, 0.1) is 5.82 Å². The Bertz CT molecular complexity index is 1220. The Morgan fingerprint density at radius 2 is 1.71 bits per heavy atom. The minimum Gasteiger partial charge on any atom is -0.507 e. The molecule has 8 nitrogen and oxygen atoms in total. The summed E-state index contributed by atoms with van der Waals surface area (Å²) in [7, 11) is 3.03. The lowest BCUT2D eigenvalue weighted by Crippen LogP contribution is -3.05. The number of hydrogen-bond acceptors (Lipinski definition) is 5. The van der Waals surface area contributed by atoms with Gasteiger partial charge in [0.15, 0.2) is 0 Å². The predicted octanol–water partition coefficient (Wildman–Crippen LogP) is 1.03. The van der Waals surface area contributed by atoms with Gasteiger partial charge >= 0.3 is 0 Å². The fraction of sp³-hybridized carbons (Fsp3) is 0.333. The highest BCUT2D eigenvalue weighted by Gasteiger charge is 2.46. The molecule has 34 heavy (non-hydrogen) atoms. The normalized spacial score (nSPS) is 18.3. The van der Waals surface area contributed by atoms with E-state index in [9.17, 15) is 27.5 Å². The number of hydrogen-bond donors (Lipinski definition) is 2. The molecule has 3 rings (SSSR count). The minimum absolute atomic E-state index is 0.00587. The van der Waals surface area contributed by atoms with Gasteiger partial charge in [-0.25, -0.2) is 17.1 Å². The van der Waals surface area contributed by atoms with Gasteiger partial charge in [0.25, 0.3) is 11.7 Å². The van der Waals surface area contributed by atoms with Crippen LogP contribution in [0.3, 0.4) is 0 Å². The summed E-state index contributed by atoms with van der Waals surface area (Å²) in [5, 5.41) is 11.1. The second-order valence-corrected chi connectivity index (χ2v) is 10.8. The summed E-state index contributed by atoms with van der Waals surface area (Å²) in [5.41, 5.74) is 0.0255. The molecule has 0 bridgehead atoms. The van der Waals surface area contributed by atoms with Crippen molar-refractivity contribution < 1.29 is 32.4 Å². The first-order valence-electron chi connectivity index (χ1n) is 10.8. The maximum Gasteiger partial charge on any atom is 0.295 e. The largest absolute Gasteiger partial charge is 0.507 e. The molecule has 2 aromatic rings. The number of amides is 1. The smallest absolute Gasteiger partial charge is 0.295 e. The summed E-state index contributed by atoms with van der Waals surface area (Å²) >= 11 is 0. The Balaban J connectivity index is 2.10. The van der Waals surface area contributed by atoms with E-state index in [1.807, 2.05) is 14.1 Å². The number of carbonyl (C=O) groups excluding carboxylic acids is 2. The Morgan fingerprint density at radius 3 is 2.26 bits per heavy atom. The maximum atomic E-state index is 14.8. The zero-order chi connectivity index (χ0) is 25.2. The van der Waals surface area contributed by atoms with Crippen molar-refractivity contribution >= 4 is 27.5 Å². The van der Waals surface area contributed by atoms with E-state index in [1.165, 1.54) is 61.5 Å². The van der Waals surface area contributed by atoms with Gasteiger partial charge < -0.3 is 14.9 Å². The number of benzene rings is 2. The van der Waals surface area contributed by atoms with Crippen LogP contribution >= 0.6 is 0 Å². The molecule has 0 aliphatic carbocycles. The molecule has 1 aliphatic rings. The quantitative estimate of drug-likeness (QED) is 0.327. The summed E-state index contributed by atoms with van der Waals surface area (Å²) in [4.78, 5) is 28.4. The van der Waals surface area contributed by atoms with E-state index in [0.717, 1.165) is 15.7 Å². The maximum absolute atomic E-state index is 14.8. The van der Waals surface area contributed by atoms with Crippen molar-refractivity contribution in [2.75, 3.05) is 41.3 Å². The SMILES string of the molecule is CN(C)S(=O)(=O)c1ccc(C(O)=C2C(=O)C(=O)N(CCC[NH+](C)C)[C@@H]2c2ccccc2F)cc1. The highest BCUT2D eigenvalue weighted by Crippen LogP contribution is 2.40. The van der Waals surface area contributed by atoms with Crippen molar-refractivity contribution in [1.29, 1.82) is 0 Å². The van der Waals surface area contributed by atoms with E-state index >= 15 is 0 Å². The lowest BCUT2D eigenvalue weighted by molar-refractivity contribution is -0.858. The van der Waals surface area contributed by atoms with Gasteiger partial charge in [0.05, 0.1) is 37.2 Å². The van der Waals surface area contributed by atoms with E-state index in [1.54, 1.807) is 6.07 Å². The molecule has 1 fully saturated rings. The first kappa shape index (κ1) is 25.5. The fourth-order valence-corrected chi connectivity index (χ4v) is 4.79. The van der Waals surface area contributed by atoms with E-state index in [-0.39, 0.29) is 28.1 Å². The van der Waals surface area contributed by atoms with Gasteiger partial charge in [-0.15, -0.1) is 0 Å². The second kappa shape index (κ2) is 10.0. The van der Waals surface area contributed by atoms with Gasteiger partial charge in [-0.1, -0.05) is 18.2 Å². The molecule has 0 spiro atoms. The van der Waals surface area contributed by atoms with Gasteiger partial charge in [0.2, 0.25) is 10.0 Å². The molecule has 0 unspecified atom stereocenters. The lowest BCUT2D eigenvalue weighted by atomic mass is 9.95. The average Bonchev–Trinajstić information content (AvgIpc) is 3.03. The third-order valence-electron chi connectivity index (χ3n) is 5.72. The van der Waals surface area contributed by atoms with Gasteiger partial charge in [-0.05, 0) is 30.3 Å². The molecule has 182 valence electrons. The van der Waals surface area contributed by atoms with E-state index in [2.05, 4.69) is 0 Å². The van der Waals surface area contributed by atoms with Crippen LogP contribution in [0.1, 0.15) is 23.6 Å². The Kier molecular flexibility index (Phi) is 7.54. The molecule has 2 N–H and O–H groups in total. The molecule has 10 heteroatoms. The van der Waals surface area contributed by atoms with Crippen molar-refractivity contribution in [1.82, 2.24) is 9.21 Å². The standard InChI is InChI=1S/C24H28FN3O5S/c1-26(2)14-7-15-28-21(18-8-5-6-9-19(18)25)20(23(30)24(28)31)22(29)16-10-12-17(13-11-16)34(32,33)27(3)4/h5-6,8-13,21,29H,7,14-15H2,1-4H3/p+1/t21-/m1/s1. The number of nitrogens with zero attached hydrogens (tertiary/aromatic N) is 2. The molecule has 1 atom stereocenters. The minimum atomic E-state index is -3.69. The summed E-state index contributed by atoms with van der Waals surface area (Å²) in [6, 6.07) is 10.0. The third kappa shape index (κ3) is 4.89. The molecule has 1 saturated heterocycles. The van der Waals surface area contributed by atoms with Gasteiger partial charge in [0.1, 0.15) is 11.6 Å². The van der Waals surface area contributed by atoms with Crippen LogP contribution in [0.5, 0.6) is 0 Å². The van der Waals surface area contributed by atoms with Crippen LogP contribution < -0.4 is 4.90 Å². The van der Waals surface area contributed by atoms with Crippen molar-refractivity contribution in [3.05, 3.63) is 71.0 Å². The Labute approximate surface area is 198 Å². The number of aliphatic hydroxyl groups excluding tert-OH is 1. The zero-order valence-corrected chi connectivity index (χ0v) is 20.4. The highest BCUT2D eigenvalue weighted by atomic mass is 32.2. The predicted molar refractivity (Wildman–Crippen MR) is 125 cm³/mol. The van der Waals surface area contributed by atoms with Crippen LogP contribution in [0.4, 0.5) is 4.39 Å². The molecular formula is C24H29FN3O5S+. The monoisotopic (exact) mass is 490 g/mol. The second-order valence-electron chi connectivity index (χ2n) is 8.64. The summed E-state index contributed by atoms with van der Waals surface area (Å²) in [5.74, 6) is -2.81. The topological polar surface area (TPSA) is 99.4 Å². The molecule has 0 aromatic heterocycles. The van der Waals surface area contributed by atoms with Crippen LogP contribution in [0.15, 0.2) is 59.0 Å². The van der Waals surface area contributed by atoms with Crippen molar-refractivity contribution in [3.8, 4) is 0 Å². The summed E-state index contributed by atoms with van der Waals surface area (Å²) in [6.45, 7) is 0.945. The number of ketones is 1. The van der Waals surface area contributed by atoms with Crippen molar-refractivity contribution in [2.45, 2.75) is 17.4 Å². The first-order valence-corrected chi connectivity index (χ1v) is 12.3. The van der Waals surface area contributed by atoms with Gasteiger partial charge in [0, 0.05) is 38.2 Å². The fourth-order valence-electron chi connectivity index (χ4n) is 3.88. The van der Waals surface area contributed by atoms with E-state index in [0.29, 0.717) is 6.42 Å². The number of sulfonamides is 1. The first-order chi connectivity index (χ1) is 16.0. The highest BCUT2D eigenvalue weighted by molar-refractivity contribution is 7.89. The average molecular weight is 491 g/mol. The Hall–Kier alpha value is -3.08. The third-order valence-corrected chi connectivity index (χ3v) is 7.55. The van der Waals surface area contributed by atoms with Crippen molar-refractivity contribution in [2.24, 2.45) is 0 Å². The molecule has 2 aromatic carbocycles. The summed E-state index contributed by atoms with van der Waals surface area (Å²) < 4.78 is 40.5. The number of Topliss-reactive ketones (excluding diaryl/α,β-unsaturated/α-hetero) is 1. The molecule has 0 saturated carbocycles. The van der Waals surface area contributed by atoms with Crippen molar-refractivity contribution in [3.63, 3.8) is 0 Å². The van der Waals surface area contributed by atoms with Crippen LogP contribution in [0.2, 0.25) is 0 Å². The molecule has 1 amide bonds. The van der Waals surface area contributed by atoms with E-state index < -0.39 is 39.3 Å².